The number of furan rings is 1. The molecule has 1 N–H and O–H groups in total. The maximum absolute atomic E-state index is 13.2. The Labute approximate surface area is 243 Å². The van der Waals surface area contributed by atoms with E-state index in [0.29, 0.717) is 60.1 Å². The van der Waals surface area contributed by atoms with E-state index in [2.05, 4.69) is 10.2 Å². The molecule has 214 valence electrons. The Bertz CT molecular complexity index is 1590. The van der Waals surface area contributed by atoms with Crippen LogP contribution in [0.4, 0.5) is 15.8 Å². The summed E-state index contributed by atoms with van der Waals surface area (Å²) in [4.78, 5) is 42.2. The molecule has 1 saturated heterocycles. The molecule has 1 aromatic heterocycles. The number of nitrogens with zero attached hydrogens (tertiary/aromatic N) is 2. The van der Waals surface area contributed by atoms with E-state index >= 15 is 0 Å². The van der Waals surface area contributed by atoms with Crippen LogP contribution in [0.2, 0.25) is 0 Å². The molecule has 5 rings (SSSR count). The summed E-state index contributed by atoms with van der Waals surface area (Å²) in [5.41, 5.74) is 2.85. The number of amides is 2. The Balaban J connectivity index is 1.30. The fourth-order valence-electron chi connectivity index (χ4n) is 4.71. The second-order valence-corrected chi connectivity index (χ2v) is 9.63. The number of anilines is 2. The van der Waals surface area contributed by atoms with Gasteiger partial charge in [-0.2, -0.15) is 0 Å². The van der Waals surface area contributed by atoms with Crippen molar-refractivity contribution < 1.29 is 27.9 Å². The highest BCUT2D eigenvalue weighted by molar-refractivity contribution is 6.05. The van der Waals surface area contributed by atoms with Crippen LogP contribution >= 0.6 is 0 Å². The smallest absolute Gasteiger partial charge is 0.338 e. The summed E-state index contributed by atoms with van der Waals surface area (Å²) in [6.45, 7) is 4.08. The minimum absolute atomic E-state index is 0.0212. The highest BCUT2D eigenvalue weighted by Crippen LogP contribution is 2.29. The number of halogens is 1. The monoisotopic (exact) mass is 567 g/mol. The van der Waals surface area contributed by atoms with Gasteiger partial charge in [0.25, 0.3) is 5.91 Å². The van der Waals surface area contributed by atoms with Crippen LogP contribution in [-0.4, -0.2) is 55.5 Å². The Morgan fingerprint density at radius 1 is 0.905 bits per heavy atom. The molecule has 0 unspecified atom stereocenters. The highest BCUT2D eigenvalue weighted by atomic mass is 19.1. The Morgan fingerprint density at radius 3 is 2.36 bits per heavy atom. The number of piperazine rings is 1. The molecule has 8 nitrogen and oxygen atoms in total. The summed E-state index contributed by atoms with van der Waals surface area (Å²) < 4.78 is 24.2. The van der Waals surface area contributed by atoms with E-state index in [1.807, 2.05) is 23.1 Å². The molecule has 1 aliphatic rings. The maximum atomic E-state index is 13.2. The first-order chi connectivity index (χ1) is 20.4. The van der Waals surface area contributed by atoms with Gasteiger partial charge in [-0.15, -0.1) is 0 Å². The third-order valence-electron chi connectivity index (χ3n) is 6.85. The normalized spacial score (nSPS) is 13.3. The molecule has 0 saturated carbocycles. The molecular formula is C33H30FN3O5. The lowest BCUT2D eigenvalue weighted by atomic mass is 10.1. The van der Waals surface area contributed by atoms with Gasteiger partial charge in [0, 0.05) is 43.4 Å². The van der Waals surface area contributed by atoms with Gasteiger partial charge in [-0.25, -0.2) is 9.18 Å². The zero-order chi connectivity index (χ0) is 29.5. The summed E-state index contributed by atoms with van der Waals surface area (Å²) in [6.07, 6.45) is 2.87. The van der Waals surface area contributed by atoms with Gasteiger partial charge < -0.3 is 24.3 Å². The van der Waals surface area contributed by atoms with Crippen molar-refractivity contribution >= 4 is 35.2 Å². The minimum atomic E-state index is -0.489. The van der Waals surface area contributed by atoms with Crippen molar-refractivity contribution in [2.75, 3.05) is 43.0 Å². The predicted octanol–water partition coefficient (Wildman–Crippen LogP) is 5.88. The van der Waals surface area contributed by atoms with E-state index in [9.17, 15) is 18.8 Å². The standard InChI is InChI=1S/C33H30FN3O5/c1-2-41-33(40)25-10-15-29(36-18-20-37(21-19-36)32(39)24-6-4-3-5-7-24)28(22-25)35-31(38)17-14-27-13-16-30(42-27)23-8-11-26(34)12-9-23/h3-17,22H,2,18-21H2,1H3,(H,35,38)/b17-14+. The van der Waals surface area contributed by atoms with Crippen molar-refractivity contribution in [3.63, 3.8) is 0 Å². The van der Waals surface area contributed by atoms with Crippen molar-refractivity contribution in [2.24, 2.45) is 0 Å². The summed E-state index contributed by atoms with van der Waals surface area (Å²) in [5, 5.41) is 2.88. The van der Waals surface area contributed by atoms with E-state index in [0.717, 1.165) is 5.69 Å². The van der Waals surface area contributed by atoms with Gasteiger partial charge in [0.15, 0.2) is 0 Å². The number of rotatable bonds is 8. The molecule has 0 bridgehead atoms. The quantitative estimate of drug-likeness (QED) is 0.211. The van der Waals surface area contributed by atoms with Crippen molar-refractivity contribution in [3.05, 3.63) is 114 Å². The second-order valence-electron chi connectivity index (χ2n) is 9.63. The zero-order valence-electron chi connectivity index (χ0n) is 23.1. The molecule has 1 fully saturated rings. The largest absolute Gasteiger partial charge is 0.462 e. The molecule has 1 aliphatic heterocycles. The zero-order valence-corrected chi connectivity index (χ0v) is 23.1. The molecule has 0 atom stereocenters. The van der Waals surface area contributed by atoms with E-state index in [1.165, 1.54) is 24.3 Å². The van der Waals surface area contributed by atoms with Crippen LogP contribution in [-0.2, 0) is 9.53 Å². The van der Waals surface area contributed by atoms with Crippen LogP contribution in [0.1, 0.15) is 33.4 Å². The van der Waals surface area contributed by atoms with Crippen LogP contribution in [0.3, 0.4) is 0 Å². The van der Waals surface area contributed by atoms with E-state index in [-0.39, 0.29) is 18.3 Å². The Morgan fingerprint density at radius 2 is 1.64 bits per heavy atom. The summed E-state index contributed by atoms with van der Waals surface area (Å²) >= 11 is 0. The molecule has 9 heteroatoms. The van der Waals surface area contributed by atoms with Gasteiger partial charge in [-0.05, 0) is 79.7 Å². The number of carbonyl (C=O) groups is 3. The Hall–Kier alpha value is -5.18. The van der Waals surface area contributed by atoms with Crippen molar-refractivity contribution in [2.45, 2.75) is 6.92 Å². The number of nitrogens with one attached hydrogen (secondary N) is 1. The van der Waals surface area contributed by atoms with Crippen LogP contribution in [0.25, 0.3) is 17.4 Å². The van der Waals surface area contributed by atoms with Crippen LogP contribution in [0.5, 0.6) is 0 Å². The second kappa shape index (κ2) is 13.0. The van der Waals surface area contributed by atoms with E-state index in [1.54, 1.807) is 61.5 Å². The number of carbonyl (C=O) groups excluding carboxylic acids is 3. The lowest BCUT2D eigenvalue weighted by Gasteiger charge is -2.37. The lowest BCUT2D eigenvalue weighted by Crippen LogP contribution is -2.49. The number of esters is 1. The molecule has 3 aromatic carbocycles. The first-order valence-electron chi connectivity index (χ1n) is 13.7. The summed E-state index contributed by atoms with van der Waals surface area (Å²) in [6, 6.07) is 23.6. The van der Waals surface area contributed by atoms with Crippen molar-refractivity contribution in [1.29, 1.82) is 0 Å². The van der Waals surface area contributed by atoms with E-state index in [4.69, 9.17) is 9.15 Å². The van der Waals surface area contributed by atoms with Gasteiger partial charge in [-0.1, -0.05) is 18.2 Å². The fraction of sp³-hybridized carbons (Fsp3) is 0.182. The summed E-state index contributed by atoms with van der Waals surface area (Å²) in [7, 11) is 0. The summed E-state index contributed by atoms with van der Waals surface area (Å²) in [5.74, 6) is -0.274. The van der Waals surface area contributed by atoms with Gasteiger partial charge in [0.1, 0.15) is 17.3 Å². The molecule has 4 aromatic rings. The SMILES string of the molecule is CCOC(=O)c1ccc(N2CCN(C(=O)c3ccccc3)CC2)c(NC(=O)/C=C/c2ccc(-c3ccc(F)cc3)o2)c1. The van der Waals surface area contributed by atoms with Crippen molar-refractivity contribution in [3.8, 4) is 11.3 Å². The molecule has 42 heavy (non-hydrogen) atoms. The lowest BCUT2D eigenvalue weighted by molar-refractivity contribution is -0.111. The highest BCUT2D eigenvalue weighted by Gasteiger charge is 2.24. The molecular weight excluding hydrogens is 537 g/mol. The number of benzene rings is 3. The van der Waals surface area contributed by atoms with E-state index < -0.39 is 11.9 Å². The van der Waals surface area contributed by atoms with Crippen molar-refractivity contribution in [1.82, 2.24) is 4.90 Å². The molecule has 2 heterocycles. The van der Waals surface area contributed by atoms with Crippen LogP contribution in [0.15, 0.2) is 95.4 Å². The van der Waals surface area contributed by atoms with Gasteiger partial charge in [0.2, 0.25) is 5.91 Å². The first kappa shape index (κ1) is 28.4. The topological polar surface area (TPSA) is 92.1 Å². The molecule has 0 spiro atoms. The van der Waals surface area contributed by atoms with Crippen LogP contribution in [0, 0.1) is 5.82 Å². The molecule has 0 radical (unpaired) electrons. The average molecular weight is 568 g/mol. The van der Waals surface area contributed by atoms with Gasteiger partial charge >= 0.3 is 5.97 Å². The first-order valence-corrected chi connectivity index (χ1v) is 13.7. The predicted molar refractivity (Wildman–Crippen MR) is 159 cm³/mol. The number of ether oxygens (including phenoxy) is 1. The fourth-order valence-corrected chi connectivity index (χ4v) is 4.71. The minimum Gasteiger partial charge on any atom is -0.462 e. The van der Waals surface area contributed by atoms with Crippen LogP contribution < -0.4 is 10.2 Å². The average Bonchev–Trinajstić information content (AvgIpc) is 3.50. The number of hydrogen-bond acceptors (Lipinski definition) is 6. The maximum Gasteiger partial charge on any atom is 0.338 e. The molecule has 0 aliphatic carbocycles. The van der Waals surface area contributed by atoms with Gasteiger partial charge in [-0.3, -0.25) is 9.59 Å². The third kappa shape index (κ3) is 6.75. The third-order valence-corrected chi connectivity index (χ3v) is 6.85. The Kier molecular flexibility index (Phi) is 8.77. The number of hydrogen-bond donors (Lipinski definition) is 1. The van der Waals surface area contributed by atoms with Gasteiger partial charge in [0.05, 0.1) is 23.5 Å². The molecule has 2 amide bonds.